The van der Waals surface area contributed by atoms with Crippen molar-refractivity contribution >= 4 is 34.9 Å². The van der Waals surface area contributed by atoms with Gasteiger partial charge in [0.2, 0.25) is 0 Å². The van der Waals surface area contributed by atoms with Crippen molar-refractivity contribution in [2.24, 2.45) is 0 Å². The third-order valence-electron chi connectivity index (χ3n) is 3.08. The summed E-state index contributed by atoms with van der Waals surface area (Å²) in [5.41, 5.74) is 5.41. The first-order valence-corrected chi connectivity index (χ1v) is 7.24. The van der Waals surface area contributed by atoms with Crippen LogP contribution in [-0.2, 0) is 9.53 Å². The van der Waals surface area contributed by atoms with Crippen molar-refractivity contribution in [2.75, 3.05) is 24.8 Å². The number of rotatable bonds is 5. The highest BCUT2D eigenvalue weighted by Crippen LogP contribution is 2.29. The zero-order valence-electron chi connectivity index (χ0n) is 12.9. The van der Waals surface area contributed by atoms with Crippen LogP contribution in [0.1, 0.15) is 10.4 Å². The van der Waals surface area contributed by atoms with E-state index in [1.807, 2.05) is 0 Å². The topological polar surface area (TPSA) is 90.7 Å². The molecule has 0 fully saturated rings. The average Bonchev–Trinajstić information content (AvgIpc) is 2.58. The molecular formula is C16H13ClF2N2O4. The van der Waals surface area contributed by atoms with Gasteiger partial charge in [-0.15, -0.1) is 0 Å². The lowest BCUT2D eigenvalue weighted by Gasteiger charge is -2.11. The van der Waals surface area contributed by atoms with E-state index in [4.69, 9.17) is 26.8 Å². The monoisotopic (exact) mass is 370 g/mol. The van der Waals surface area contributed by atoms with E-state index in [1.54, 1.807) is 0 Å². The van der Waals surface area contributed by atoms with Crippen molar-refractivity contribution < 1.29 is 27.8 Å². The number of nitrogen functional groups attached to an aromatic ring is 1. The molecule has 2 aromatic rings. The summed E-state index contributed by atoms with van der Waals surface area (Å²) < 4.78 is 36.3. The van der Waals surface area contributed by atoms with Crippen LogP contribution in [-0.4, -0.2) is 25.6 Å². The Hall–Kier alpha value is -2.87. The number of nitrogens with one attached hydrogen (secondary N) is 1. The normalized spacial score (nSPS) is 10.2. The molecule has 0 aromatic heterocycles. The summed E-state index contributed by atoms with van der Waals surface area (Å²) in [5, 5.41) is 2.21. The maximum Gasteiger partial charge on any atom is 0.342 e. The molecule has 1 amide bonds. The quantitative estimate of drug-likeness (QED) is 0.623. The molecule has 0 saturated carbocycles. The van der Waals surface area contributed by atoms with Crippen LogP contribution in [0, 0.1) is 11.6 Å². The molecule has 2 aromatic carbocycles. The number of anilines is 2. The number of methoxy groups -OCH3 is 1. The van der Waals surface area contributed by atoms with Gasteiger partial charge in [0, 0.05) is 12.1 Å². The Bertz CT molecular complexity index is 830. The van der Waals surface area contributed by atoms with Gasteiger partial charge in [0.25, 0.3) is 5.91 Å². The van der Waals surface area contributed by atoms with Crippen LogP contribution < -0.4 is 15.8 Å². The lowest BCUT2D eigenvalue weighted by molar-refractivity contribution is -0.119. The minimum atomic E-state index is -0.895. The summed E-state index contributed by atoms with van der Waals surface area (Å²) in [4.78, 5) is 23.8. The Balaban J connectivity index is 2.03. The van der Waals surface area contributed by atoms with Crippen LogP contribution >= 0.6 is 11.6 Å². The van der Waals surface area contributed by atoms with E-state index in [2.05, 4.69) is 5.32 Å². The van der Waals surface area contributed by atoms with E-state index in [0.29, 0.717) is 0 Å². The van der Waals surface area contributed by atoms with Crippen LogP contribution in [0.3, 0.4) is 0 Å². The van der Waals surface area contributed by atoms with Gasteiger partial charge >= 0.3 is 5.97 Å². The number of carbonyl (C=O) groups excluding carboxylic acids is 2. The molecule has 3 N–H and O–H groups in total. The third-order valence-corrected chi connectivity index (χ3v) is 3.40. The van der Waals surface area contributed by atoms with E-state index in [-0.39, 0.29) is 27.7 Å². The highest BCUT2D eigenvalue weighted by molar-refractivity contribution is 6.33. The second-order valence-corrected chi connectivity index (χ2v) is 5.23. The molecule has 9 heteroatoms. The van der Waals surface area contributed by atoms with Crippen LogP contribution in [0.15, 0.2) is 30.3 Å². The molecule has 25 heavy (non-hydrogen) atoms. The molecule has 0 aliphatic carbocycles. The maximum atomic E-state index is 13.4. The van der Waals surface area contributed by atoms with Gasteiger partial charge in [-0.05, 0) is 18.2 Å². The summed E-state index contributed by atoms with van der Waals surface area (Å²) in [6, 6.07) is 5.14. The van der Waals surface area contributed by atoms with E-state index in [0.717, 1.165) is 18.2 Å². The Morgan fingerprint density at radius 2 is 1.96 bits per heavy atom. The molecular weight excluding hydrogens is 358 g/mol. The predicted octanol–water partition coefficient (Wildman–Crippen LogP) is 3.00. The largest absolute Gasteiger partial charge is 0.496 e. The van der Waals surface area contributed by atoms with Gasteiger partial charge in [-0.2, -0.15) is 0 Å². The van der Waals surface area contributed by atoms with E-state index in [1.165, 1.54) is 19.2 Å². The summed E-state index contributed by atoms with van der Waals surface area (Å²) in [5.74, 6) is -3.18. The summed E-state index contributed by atoms with van der Waals surface area (Å²) in [7, 11) is 1.32. The molecule has 0 unspecified atom stereocenters. The summed E-state index contributed by atoms with van der Waals surface area (Å²) >= 11 is 5.84. The van der Waals surface area contributed by atoms with Gasteiger partial charge < -0.3 is 20.5 Å². The number of amides is 1. The smallest absolute Gasteiger partial charge is 0.342 e. The second kappa shape index (κ2) is 7.80. The van der Waals surface area contributed by atoms with Gasteiger partial charge in [0.15, 0.2) is 6.61 Å². The molecule has 0 aliphatic heterocycles. The van der Waals surface area contributed by atoms with Crippen LogP contribution in [0.2, 0.25) is 5.02 Å². The highest BCUT2D eigenvalue weighted by Gasteiger charge is 2.18. The van der Waals surface area contributed by atoms with Crippen molar-refractivity contribution in [1.82, 2.24) is 0 Å². The fraction of sp³-hybridized carbons (Fsp3) is 0.125. The Labute approximate surface area is 146 Å². The van der Waals surface area contributed by atoms with Crippen molar-refractivity contribution in [3.8, 4) is 5.75 Å². The van der Waals surface area contributed by atoms with Gasteiger partial charge in [0.05, 0.1) is 23.5 Å². The number of benzene rings is 2. The first kappa shape index (κ1) is 18.5. The highest BCUT2D eigenvalue weighted by atomic mass is 35.5. The first-order chi connectivity index (χ1) is 11.8. The Morgan fingerprint density at radius 1 is 1.24 bits per heavy atom. The van der Waals surface area contributed by atoms with Crippen LogP contribution in [0.5, 0.6) is 5.75 Å². The predicted molar refractivity (Wildman–Crippen MR) is 87.7 cm³/mol. The van der Waals surface area contributed by atoms with Gasteiger partial charge in [-0.1, -0.05) is 11.6 Å². The number of carbonyl (C=O) groups is 2. The number of nitrogens with two attached hydrogens (primary N) is 1. The molecule has 0 aliphatic rings. The van der Waals surface area contributed by atoms with Crippen molar-refractivity contribution in [2.45, 2.75) is 0 Å². The standard InChI is InChI=1S/C16H13ClF2N2O4/c1-24-14-6-12(20)10(17)5-9(14)16(23)25-7-15(22)21-13-4-8(18)2-3-11(13)19/h2-6H,7,20H2,1H3,(H,21,22). The summed E-state index contributed by atoms with van der Waals surface area (Å²) in [6.07, 6.45) is 0. The number of halogens is 3. The number of hydrogen-bond donors (Lipinski definition) is 2. The van der Waals surface area contributed by atoms with Crippen molar-refractivity contribution in [3.05, 3.63) is 52.6 Å². The zero-order chi connectivity index (χ0) is 18.6. The van der Waals surface area contributed by atoms with Crippen LogP contribution in [0.4, 0.5) is 20.2 Å². The van der Waals surface area contributed by atoms with Gasteiger partial charge in [0.1, 0.15) is 22.9 Å². The third kappa shape index (κ3) is 4.57. The summed E-state index contributed by atoms with van der Waals surface area (Å²) in [6.45, 7) is -0.722. The number of ether oxygens (including phenoxy) is 2. The van der Waals surface area contributed by atoms with Gasteiger partial charge in [-0.3, -0.25) is 4.79 Å². The minimum absolute atomic E-state index is 0.0357. The molecule has 132 valence electrons. The van der Waals surface area contributed by atoms with E-state index >= 15 is 0 Å². The van der Waals surface area contributed by atoms with E-state index in [9.17, 15) is 18.4 Å². The average molecular weight is 371 g/mol. The maximum absolute atomic E-state index is 13.4. The molecule has 0 heterocycles. The van der Waals surface area contributed by atoms with E-state index < -0.39 is 30.1 Å². The Kier molecular flexibility index (Phi) is 5.76. The molecule has 0 bridgehead atoms. The van der Waals surface area contributed by atoms with Crippen LogP contribution in [0.25, 0.3) is 0 Å². The second-order valence-electron chi connectivity index (χ2n) is 4.82. The molecule has 0 spiro atoms. The SMILES string of the molecule is COc1cc(N)c(Cl)cc1C(=O)OCC(=O)Nc1cc(F)ccc1F. The fourth-order valence-electron chi connectivity index (χ4n) is 1.89. The number of hydrogen-bond acceptors (Lipinski definition) is 5. The number of esters is 1. The molecule has 0 radical (unpaired) electrons. The van der Waals surface area contributed by atoms with Gasteiger partial charge in [-0.25, -0.2) is 13.6 Å². The fourth-order valence-corrected chi connectivity index (χ4v) is 2.05. The first-order valence-electron chi connectivity index (χ1n) is 6.87. The molecule has 0 atom stereocenters. The van der Waals surface area contributed by atoms with Crippen molar-refractivity contribution in [3.63, 3.8) is 0 Å². The molecule has 0 saturated heterocycles. The lowest BCUT2D eigenvalue weighted by Crippen LogP contribution is -2.21. The molecule has 2 rings (SSSR count). The molecule has 6 nitrogen and oxygen atoms in total. The van der Waals surface area contributed by atoms with Crippen molar-refractivity contribution in [1.29, 1.82) is 0 Å². The Morgan fingerprint density at radius 3 is 2.64 bits per heavy atom. The zero-order valence-corrected chi connectivity index (χ0v) is 13.7. The lowest BCUT2D eigenvalue weighted by atomic mass is 10.2. The minimum Gasteiger partial charge on any atom is -0.496 e.